The average molecular weight is 244 g/mol. The van der Waals surface area contributed by atoms with E-state index >= 15 is 0 Å². The zero-order valence-corrected chi connectivity index (χ0v) is 9.50. The van der Waals surface area contributed by atoms with E-state index in [1.54, 1.807) is 12.3 Å². The number of nitrogens with two attached hydrogens (primary N) is 1. The van der Waals surface area contributed by atoms with Crippen LogP contribution in [0.4, 0.5) is 5.69 Å². The first-order valence-corrected chi connectivity index (χ1v) is 5.30. The highest BCUT2D eigenvalue weighted by molar-refractivity contribution is 6.07. The van der Waals surface area contributed by atoms with E-state index in [9.17, 15) is 4.79 Å². The maximum absolute atomic E-state index is 11.6. The summed E-state index contributed by atoms with van der Waals surface area (Å²) in [5, 5.41) is 14.7. The van der Waals surface area contributed by atoms with Crippen LogP contribution in [-0.4, -0.2) is 21.9 Å². The van der Waals surface area contributed by atoms with Crippen LogP contribution in [0.25, 0.3) is 10.9 Å². The Balaban J connectivity index is 2.24. The standard InChI is InChI=1S/C12H12N4O2/c13-10(16-18)7-11(17)15-9-5-1-3-8-4-2-6-14-12(8)9/h1-6,18H,7H2,(H2,13,16)(H,15,17). The van der Waals surface area contributed by atoms with Crippen LogP contribution in [-0.2, 0) is 4.79 Å². The quantitative estimate of drug-likeness (QED) is 0.328. The van der Waals surface area contributed by atoms with Gasteiger partial charge < -0.3 is 16.3 Å². The van der Waals surface area contributed by atoms with Gasteiger partial charge in [0, 0.05) is 11.6 Å². The number of amides is 1. The Labute approximate surface area is 103 Å². The fourth-order valence-corrected chi connectivity index (χ4v) is 1.60. The summed E-state index contributed by atoms with van der Waals surface area (Å²) in [7, 11) is 0. The highest BCUT2D eigenvalue weighted by atomic mass is 16.4. The molecule has 0 aliphatic heterocycles. The number of anilines is 1. The average Bonchev–Trinajstić information content (AvgIpc) is 2.39. The Morgan fingerprint density at radius 3 is 2.94 bits per heavy atom. The summed E-state index contributed by atoms with van der Waals surface area (Å²) in [5.41, 5.74) is 6.57. The number of para-hydroxylation sites is 1. The largest absolute Gasteiger partial charge is 0.409 e. The Morgan fingerprint density at radius 2 is 2.17 bits per heavy atom. The van der Waals surface area contributed by atoms with Gasteiger partial charge in [0.2, 0.25) is 5.91 Å². The van der Waals surface area contributed by atoms with E-state index in [1.165, 1.54) is 0 Å². The number of carbonyl (C=O) groups excluding carboxylic acids is 1. The fraction of sp³-hybridized carbons (Fsp3) is 0.0833. The van der Waals surface area contributed by atoms with Crippen molar-refractivity contribution < 1.29 is 10.0 Å². The second-order valence-electron chi connectivity index (χ2n) is 3.70. The van der Waals surface area contributed by atoms with Gasteiger partial charge in [-0.05, 0) is 12.1 Å². The van der Waals surface area contributed by atoms with Crippen molar-refractivity contribution in [3.8, 4) is 0 Å². The summed E-state index contributed by atoms with van der Waals surface area (Å²) in [6, 6.07) is 9.20. The molecule has 0 aliphatic rings. The van der Waals surface area contributed by atoms with Gasteiger partial charge in [-0.2, -0.15) is 0 Å². The van der Waals surface area contributed by atoms with Crippen LogP contribution < -0.4 is 11.1 Å². The van der Waals surface area contributed by atoms with Crippen LogP contribution in [0.5, 0.6) is 0 Å². The second kappa shape index (κ2) is 5.13. The highest BCUT2D eigenvalue weighted by Gasteiger charge is 2.08. The minimum Gasteiger partial charge on any atom is -0.409 e. The number of rotatable bonds is 3. The number of hydrogen-bond donors (Lipinski definition) is 3. The molecule has 6 nitrogen and oxygen atoms in total. The van der Waals surface area contributed by atoms with Gasteiger partial charge >= 0.3 is 0 Å². The topological polar surface area (TPSA) is 101 Å². The molecule has 92 valence electrons. The lowest BCUT2D eigenvalue weighted by molar-refractivity contribution is -0.115. The van der Waals surface area contributed by atoms with E-state index in [4.69, 9.17) is 10.9 Å². The molecule has 0 fully saturated rings. The number of pyridine rings is 1. The molecule has 0 spiro atoms. The van der Waals surface area contributed by atoms with Gasteiger partial charge in [0.1, 0.15) is 5.84 Å². The Bertz CT molecular complexity index is 605. The number of fused-ring (bicyclic) bond motifs is 1. The lowest BCUT2D eigenvalue weighted by atomic mass is 10.2. The third-order valence-electron chi connectivity index (χ3n) is 2.38. The molecule has 1 amide bonds. The van der Waals surface area contributed by atoms with Crippen molar-refractivity contribution in [1.29, 1.82) is 0 Å². The van der Waals surface area contributed by atoms with Crippen LogP contribution in [0, 0.1) is 0 Å². The molecule has 0 saturated heterocycles. The van der Waals surface area contributed by atoms with Gasteiger partial charge in [0.15, 0.2) is 0 Å². The van der Waals surface area contributed by atoms with Gasteiger partial charge in [-0.3, -0.25) is 9.78 Å². The minimum atomic E-state index is -0.358. The summed E-state index contributed by atoms with van der Waals surface area (Å²) >= 11 is 0. The van der Waals surface area contributed by atoms with Gasteiger partial charge in [-0.25, -0.2) is 0 Å². The third kappa shape index (κ3) is 2.54. The normalized spacial score (nSPS) is 11.4. The van der Waals surface area contributed by atoms with Crippen molar-refractivity contribution in [2.24, 2.45) is 10.9 Å². The number of amidine groups is 1. The molecule has 18 heavy (non-hydrogen) atoms. The molecule has 0 radical (unpaired) electrons. The van der Waals surface area contributed by atoms with E-state index in [1.807, 2.05) is 24.3 Å². The molecule has 1 heterocycles. The summed E-state index contributed by atoms with van der Waals surface area (Å²) in [6.07, 6.45) is 1.49. The molecule has 2 aromatic rings. The van der Waals surface area contributed by atoms with Gasteiger partial charge in [0.05, 0.1) is 17.6 Å². The smallest absolute Gasteiger partial charge is 0.232 e. The number of oxime groups is 1. The molecule has 1 aromatic heterocycles. The van der Waals surface area contributed by atoms with Crippen LogP contribution in [0.15, 0.2) is 41.7 Å². The number of carbonyl (C=O) groups is 1. The lowest BCUT2D eigenvalue weighted by Crippen LogP contribution is -2.22. The number of benzene rings is 1. The first-order valence-electron chi connectivity index (χ1n) is 5.30. The van der Waals surface area contributed by atoms with Crippen LogP contribution >= 0.6 is 0 Å². The van der Waals surface area contributed by atoms with Crippen molar-refractivity contribution in [3.05, 3.63) is 36.5 Å². The maximum atomic E-state index is 11.6. The number of hydrogen-bond acceptors (Lipinski definition) is 4. The molecule has 2 rings (SSSR count). The van der Waals surface area contributed by atoms with Gasteiger partial charge in [0.25, 0.3) is 0 Å². The van der Waals surface area contributed by atoms with Crippen molar-refractivity contribution >= 4 is 28.3 Å². The zero-order valence-electron chi connectivity index (χ0n) is 9.50. The van der Waals surface area contributed by atoms with Gasteiger partial charge in [-0.15, -0.1) is 0 Å². The summed E-state index contributed by atoms with van der Waals surface area (Å²) in [5.74, 6) is -0.496. The highest BCUT2D eigenvalue weighted by Crippen LogP contribution is 2.20. The van der Waals surface area contributed by atoms with E-state index in [-0.39, 0.29) is 18.2 Å². The molecule has 0 bridgehead atoms. The second-order valence-corrected chi connectivity index (χ2v) is 3.70. The number of nitrogens with one attached hydrogen (secondary N) is 1. The van der Waals surface area contributed by atoms with E-state index in [2.05, 4.69) is 15.5 Å². The minimum absolute atomic E-state index is 0.138. The third-order valence-corrected chi connectivity index (χ3v) is 2.38. The van der Waals surface area contributed by atoms with E-state index in [0.717, 1.165) is 5.39 Å². The van der Waals surface area contributed by atoms with E-state index in [0.29, 0.717) is 11.2 Å². The summed E-state index contributed by atoms with van der Waals surface area (Å²) in [6.45, 7) is 0. The number of aromatic nitrogens is 1. The molecule has 0 saturated carbocycles. The molecular weight excluding hydrogens is 232 g/mol. The van der Waals surface area contributed by atoms with Crippen molar-refractivity contribution in [1.82, 2.24) is 4.98 Å². The predicted molar refractivity (Wildman–Crippen MR) is 68.4 cm³/mol. The lowest BCUT2D eigenvalue weighted by Gasteiger charge is -2.07. The van der Waals surface area contributed by atoms with Crippen LogP contribution in [0.3, 0.4) is 0 Å². The van der Waals surface area contributed by atoms with Gasteiger partial charge in [-0.1, -0.05) is 23.4 Å². The predicted octanol–water partition coefficient (Wildman–Crippen LogP) is 1.31. The maximum Gasteiger partial charge on any atom is 0.232 e. The Hall–Kier alpha value is -2.63. The first-order chi connectivity index (χ1) is 8.70. The molecule has 0 unspecified atom stereocenters. The monoisotopic (exact) mass is 244 g/mol. The molecule has 0 aliphatic carbocycles. The zero-order chi connectivity index (χ0) is 13.0. The number of nitrogens with zero attached hydrogens (tertiary/aromatic N) is 2. The van der Waals surface area contributed by atoms with E-state index < -0.39 is 0 Å². The van der Waals surface area contributed by atoms with Crippen molar-refractivity contribution in [2.45, 2.75) is 6.42 Å². The molecule has 1 aromatic carbocycles. The Kier molecular flexibility index (Phi) is 3.38. The van der Waals surface area contributed by atoms with Crippen molar-refractivity contribution in [2.75, 3.05) is 5.32 Å². The van der Waals surface area contributed by atoms with Crippen LogP contribution in [0.1, 0.15) is 6.42 Å². The molecule has 4 N–H and O–H groups in total. The Morgan fingerprint density at radius 1 is 1.39 bits per heavy atom. The fourth-order valence-electron chi connectivity index (χ4n) is 1.60. The molecular formula is C12H12N4O2. The SMILES string of the molecule is N/C(CC(=O)Nc1cccc2cccnc12)=N\O. The summed E-state index contributed by atoms with van der Waals surface area (Å²) < 4.78 is 0. The van der Waals surface area contributed by atoms with Crippen LogP contribution in [0.2, 0.25) is 0 Å². The molecule has 0 atom stereocenters. The molecule has 6 heteroatoms. The summed E-state index contributed by atoms with van der Waals surface area (Å²) in [4.78, 5) is 15.8. The van der Waals surface area contributed by atoms with Crippen molar-refractivity contribution in [3.63, 3.8) is 0 Å². The first kappa shape index (κ1) is 11.8.